The van der Waals surface area contributed by atoms with Crippen molar-refractivity contribution in [2.24, 2.45) is 0 Å². The zero-order valence-electron chi connectivity index (χ0n) is 12.0. The topological polar surface area (TPSA) is 35.5 Å². The van der Waals surface area contributed by atoms with Crippen LogP contribution >= 0.6 is 11.3 Å². The minimum Gasteiger partial charge on any atom is -0.390 e. The van der Waals surface area contributed by atoms with Crippen molar-refractivity contribution in [3.8, 4) is 11.1 Å². The number of benzene rings is 1. The predicted octanol–water partition coefficient (Wildman–Crippen LogP) is 2.43. The third kappa shape index (κ3) is 4.72. The smallest absolute Gasteiger partial charge is 0.0791 e. The summed E-state index contributed by atoms with van der Waals surface area (Å²) >= 11 is 1.76. The lowest BCUT2D eigenvalue weighted by Crippen LogP contribution is -2.34. The zero-order valence-corrected chi connectivity index (χ0v) is 12.9. The third-order valence-electron chi connectivity index (χ3n) is 3.02. The van der Waals surface area contributed by atoms with Crippen LogP contribution in [0.1, 0.15) is 4.88 Å². The summed E-state index contributed by atoms with van der Waals surface area (Å²) in [6, 6.07) is 12.6. The molecule has 0 fully saturated rings. The molecule has 2 N–H and O–H groups in total. The molecule has 0 radical (unpaired) electrons. The minimum absolute atomic E-state index is 0.321. The zero-order chi connectivity index (χ0) is 14.4. The van der Waals surface area contributed by atoms with Crippen LogP contribution < -0.4 is 5.32 Å². The summed E-state index contributed by atoms with van der Waals surface area (Å²) in [6.45, 7) is 2.12. The van der Waals surface area contributed by atoms with E-state index in [4.69, 9.17) is 0 Å². The molecule has 1 aromatic heterocycles. The first-order valence-corrected chi connectivity index (χ1v) is 7.69. The highest BCUT2D eigenvalue weighted by molar-refractivity contribution is 7.10. The first-order valence-electron chi connectivity index (χ1n) is 6.81. The van der Waals surface area contributed by atoms with Gasteiger partial charge in [-0.25, -0.2) is 0 Å². The van der Waals surface area contributed by atoms with Crippen molar-refractivity contribution in [3.63, 3.8) is 0 Å². The molecule has 2 aromatic rings. The van der Waals surface area contributed by atoms with Gasteiger partial charge in [0.05, 0.1) is 6.10 Å². The average molecular weight is 290 g/mol. The van der Waals surface area contributed by atoms with Crippen LogP contribution in [-0.4, -0.2) is 43.3 Å². The molecule has 0 bridgehead atoms. The fourth-order valence-corrected chi connectivity index (χ4v) is 2.97. The predicted molar refractivity (Wildman–Crippen MR) is 86.0 cm³/mol. The van der Waals surface area contributed by atoms with Gasteiger partial charge < -0.3 is 15.3 Å². The van der Waals surface area contributed by atoms with Gasteiger partial charge in [-0.15, -0.1) is 11.3 Å². The molecular weight excluding hydrogens is 268 g/mol. The van der Waals surface area contributed by atoms with Crippen LogP contribution in [0.4, 0.5) is 0 Å². The molecule has 2 rings (SSSR count). The summed E-state index contributed by atoms with van der Waals surface area (Å²) in [5.41, 5.74) is 2.52. The largest absolute Gasteiger partial charge is 0.390 e. The Morgan fingerprint density at radius 2 is 1.95 bits per heavy atom. The molecule has 0 spiro atoms. The first kappa shape index (κ1) is 15.2. The van der Waals surface area contributed by atoms with Gasteiger partial charge >= 0.3 is 0 Å². The highest BCUT2D eigenvalue weighted by atomic mass is 32.1. The van der Waals surface area contributed by atoms with Crippen molar-refractivity contribution in [2.45, 2.75) is 12.6 Å². The monoisotopic (exact) mass is 290 g/mol. The molecule has 0 amide bonds. The lowest BCUT2D eigenvalue weighted by molar-refractivity contribution is 0.134. The Morgan fingerprint density at radius 3 is 2.65 bits per heavy atom. The quantitative estimate of drug-likeness (QED) is 0.822. The molecule has 0 aliphatic rings. The molecule has 1 unspecified atom stereocenters. The summed E-state index contributed by atoms with van der Waals surface area (Å²) in [6.07, 6.45) is -0.321. The maximum atomic E-state index is 9.78. The van der Waals surface area contributed by atoms with Crippen molar-refractivity contribution in [2.75, 3.05) is 27.2 Å². The van der Waals surface area contributed by atoms with Gasteiger partial charge in [-0.3, -0.25) is 0 Å². The fraction of sp³-hybridized carbons (Fsp3) is 0.375. The number of nitrogens with one attached hydrogen (secondary N) is 1. The van der Waals surface area contributed by atoms with Crippen LogP contribution in [0.5, 0.6) is 0 Å². The van der Waals surface area contributed by atoms with E-state index >= 15 is 0 Å². The standard InChI is InChI=1S/C16H22N2OS/c1-18(2)11-15(19)9-17-10-16-8-14(12-20-16)13-6-4-3-5-7-13/h3-8,12,15,17,19H,9-11H2,1-2H3. The number of aliphatic hydroxyl groups excluding tert-OH is 1. The minimum atomic E-state index is -0.321. The lowest BCUT2D eigenvalue weighted by Gasteiger charge is -2.16. The second kappa shape index (κ2) is 7.55. The van der Waals surface area contributed by atoms with Gasteiger partial charge in [0, 0.05) is 24.5 Å². The van der Waals surface area contributed by atoms with Gasteiger partial charge in [0.1, 0.15) is 0 Å². The van der Waals surface area contributed by atoms with Crippen LogP contribution in [0.25, 0.3) is 11.1 Å². The number of hydrogen-bond donors (Lipinski definition) is 2. The van der Waals surface area contributed by atoms with Gasteiger partial charge in [0.25, 0.3) is 0 Å². The number of aliphatic hydroxyl groups is 1. The van der Waals surface area contributed by atoms with E-state index in [1.165, 1.54) is 16.0 Å². The molecule has 0 saturated carbocycles. The maximum absolute atomic E-state index is 9.78. The van der Waals surface area contributed by atoms with Crippen LogP contribution in [0, 0.1) is 0 Å². The van der Waals surface area contributed by atoms with Crippen molar-refractivity contribution >= 4 is 11.3 Å². The van der Waals surface area contributed by atoms with Crippen LogP contribution in [-0.2, 0) is 6.54 Å². The first-order chi connectivity index (χ1) is 9.65. The number of likely N-dealkylation sites (N-methyl/N-ethyl adjacent to an activating group) is 1. The molecule has 1 atom stereocenters. The van der Waals surface area contributed by atoms with Gasteiger partial charge in [0.2, 0.25) is 0 Å². The molecule has 1 heterocycles. The lowest BCUT2D eigenvalue weighted by atomic mass is 10.1. The molecule has 20 heavy (non-hydrogen) atoms. The second-order valence-corrected chi connectivity index (χ2v) is 6.21. The Bertz CT molecular complexity index is 510. The Labute approximate surface area is 124 Å². The Balaban J connectivity index is 1.82. The Morgan fingerprint density at radius 1 is 1.20 bits per heavy atom. The number of hydrogen-bond acceptors (Lipinski definition) is 4. The van der Waals surface area contributed by atoms with Crippen LogP contribution in [0.3, 0.4) is 0 Å². The van der Waals surface area contributed by atoms with E-state index in [2.05, 4.69) is 41.0 Å². The van der Waals surface area contributed by atoms with Crippen molar-refractivity contribution in [1.82, 2.24) is 10.2 Å². The van der Waals surface area contributed by atoms with Gasteiger partial charge in [-0.2, -0.15) is 0 Å². The fourth-order valence-electron chi connectivity index (χ4n) is 2.10. The molecule has 0 saturated heterocycles. The highest BCUT2D eigenvalue weighted by Crippen LogP contribution is 2.25. The number of rotatable bonds is 7. The van der Waals surface area contributed by atoms with E-state index in [-0.39, 0.29) is 6.10 Å². The van der Waals surface area contributed by atoms with E-state index in [1.807, 2.05) is 25.1 Å². The van der Waals surface area contributed by atoms with Crippen molar-refractivity contribution in [1.29, 1.82) is 0 Å². The Hall–Kier alpha value is -1.20. The molecule has 108 valence electrons. The van der Waals surface area contributed by atoms with Crippen molar-refractivity contribution in [3.05, 3.63) is 46.7 Å². The van der Waals surface area contributed by atoms with Crippen LogP contribution in [0.2, 0.25) is 0 Å². The molecule has 0 aliphatic heterocycles. The summed E-state index contributed by atoms with van der Waals surface area (Å²) in [4.78, 5) is 3.28. The Kier molecular flexibility index (Phi) is 5.73. The van der Waals surface area contributed by atoms with Gasteiger partial charge in [-0.1, -0.05) is 30.3 Å². The van der Waals surface area contributed by atoms with E-state index in [0.29, 0.717) is 13.1 Å². The summed E-state index contributed by atoms with van der Waals surface area (Å²) in [5, 5.41) is 15.3. The van der Waals surface area contributed by atoms with Crippen molar-refractivity contribution < 1.29 is 5.11 Å². The highest BCUT2D eigenvalue weighted by Gasteiger charge is 2.06. The van der Waals surface area contributed by atoms with E-state index in [0.717, 1.165) is 6.54 Å². The normalized spacial score (nSPS) is 12.8. The molecule has 1 aromatic carbocycles. The third-order valence-corrected chi connectivity index (χ3v) is 3.95. The number of nitrogens with zero attached hydrogens (tertiary/aromatic N) is 1. The molecular formula is C16H22N2OS. The summed E-state index contributed by atoms with van der Waals surface area (Å²) < 4.78 is 0. The molecule has 4 heteroatoms. The van der Waals surface area contributed by atoms with Crippen LogP contribution in [0.15, 0.2) is 41.8 Å². The maximum Gasteiger partial charge on any atom is 0.0791 e. The summed E-state index contributed by atoms with van der Waals surface area (Å²) in [5.74, 6) is 0. The van der Waals surface area contributed by atoms with E-state index in [1.54, 1.807) is 11.3 Å². The average Bonchev–Trinajstić information content (AvgIpc) is 2.88. The SMILES string of the molecule is CN(C)CC(O)CNCc1cc(-c2ccccc2)cs1. The van der Waals surface area contributed by atoms with Gasteiger partial charge in [0.15, 0.2) is 0 Å². The van der Waals surface area contributed by atoms with Gasteiger partial charge in [-0.05, 0) is 36.7 Å². The molecule has 0 aliphatic carbocycles. The molecule has 3 nitrogen and oxygen atoms in total. The van der Waals surface area contributed by atoms with E-state index < -0.39 is 0 Å². The second-order valence-electron chi connectivity index (χ2n) is 5.21. The number of thiophene rings is 1. The summed E-state index contributed by atoms with van der Waals surface area (Å²) in [7, 11) is 3.93. The van der Waals surface area contributed by atoms with E-state index in [9.17, 15) is 5.11 Å².